The Morgan fingerprint density at radius 2 is 1.79 bits per heavy atom. The van der Waals surface area contributed by atoms with Gasteiger partial charge in [0.2, 0.25) is 0 Å². The van der Waals surface area contributed by atoms with E-state index in [0.29, 0.717) is 19.6 Å². The highest BCUT2D eigenvalue weighted by molar-refractivity contribution is 7.98. The van der Waals surface area contributed by atoms with Gasteiger partial charge in [-0.05, 0) is 42.9 Å². The van der Waals surface area contributed by atoms with E-state index in [0.717, 1.165) is 17.6 Å². The van der Waals surface area contributed by atoms with Crippen LogP contribution in [-0.2, 0) is 26.7 Å². The largest absolute Gasteiger partial charge is 0.352 e. The van der Waals surface area contributed by atoms with Gasteiger partial charge in [-0.3, -0.25) is 0 Å². The van der Waals surface area contributed by atoms with Crippen molar-refractivity contribution in [3.8, 4) is 0 Å². The third kappa shape index (κ3) is 5.84. The van der Waals surface area contributed by atoms with E-state index in [2.05, 4.69) is 64.3 Å². The summed E-state index contributed by atoms with van der Waals surface area (Å²) in [5.74, 6) is 2.51. The third-order valence-corrected chi connectivity index (χ3v) is 5.57. The van der Waals surface area contributed by atoms with E-state index in [1.807, 2.05) is 36.7 Å². The monoisotopic (exact) mass is 408 g/mol. The number of hydrogen-bond acceptors (Lipinski definition) is 4. The topological polar surface area (TPSA) is 67.1 Å². The van der Waals surface area contributed by atoms with Crippen molar-refractivity contribution in [2.75, 3.05) is 6.26 Å². The lowest BCUT2D eigenvalue weighted by atomic mass is 10.1. The summed E-state index contributed by atoms with van der Waals surface area (Å²) in [4.78, 5) is 6.05. The Morgan fingerprint density at radius 1 is 1.03 bits per heavy atom. The van der Waals surface area contributed by atoms with Crippen molar-refractivity contribution in [2.45, 2.75) is 38.4 Å². The van der Waals surface area contributed by atoms with E-state index in [9.17, 15) is 0 Å². The van der Waals surface area contributed by atoms with Gasteiger partial charge < -0.3 is 15.2 Å². The molecule has 0 saturated carbocycles. The fourth-order valence-electron chi connectivity index (χ4n) is 2.87. The van der Waals surface area contributed by atoms with Gasteiger partial charge in [-0.2, -0.15) is 0 Å². The highest BCUT2D eigenvalue weighted by atomic mass is 32.2. The van der Waals surface area contributed by atoms with Crippen molar-refractivity contribution < 1.29 is 0 Å². The zero-order valence-electron chi connectivity index (χ0n) is 17.4. The van der Waals surface area contributed by atoms with E-state index in [4.69, 9.17) is 4.99 Å². The van der Waals surface area contributed by atoms with Crippen molar-refractivity contribution in [1.82, 2.24) is 25.4 Å². The number of rotatable bonds is 7. The zero-order valence-corrected chi connectivity index (χ0v) is 18.3. The normalized spacial score (nSPS) is 11.5. The van der Waals surface area contributed by atoms with Crippen LogP contribution in [0.15, 0.2) is 58.4 Å². The minimum atomic E-state index is 0.557. The number of nitrogens with zero attached hydrogens (tertiary/aromatic N) is 4. The van der Waals surface area contributed by atoms with Crippen LogP contribution in [0.3, 0.4) is 0 Å². The molecule has 6 nitrogen and oxygen atoms in total. The number of aliphatic imine (C=N–C) groups is 1. The maximum Gasteiger partial charge on any atom is 0.192 e. The molecule has 7 heteroatoms. The quantitative estimate of drug-likeness (QED) is 0.355. The van der Waals surface area contributed by atoms with Gasteiger partial charge >= 0.3 is 0 Å². The summed E-state index contributed by atoms with van der Waals surface area (Å²) in [6, 6.07) is 16.8. The smallest absolute Gasteiger partial charge is 0.192 e. The Morgan fingerprint density at radius 3 is 2.48 bits per heavy atom. The number of thioether (sulfide) groups is 1. The van der Waals surface area contributed by atoms with Crippen molar-refractivity contribution in [2.24, 2.45) is 12.0 Å². The van der Waals surface area contributed by atoms with Crippen LogP contribution in [0.25, 0.3) is 0 Å². The first kappa shape index (κ1) is 20.9. The molecule has 0 aliphatic heterocycles. The standard InChI is InChI=1S/C22H28N6S/c1-16-10-11-19(20(12-16)29-4)14-24-22(23-13-18-8-6-5-7-9-18)25-15-21-27-26-17(2)28(21)3/h5-12H,13-15H2,1-4H3,(H2,23,24,25). The first-order valence-corrected chi connectivity index (χ1v) is 10.8. The van der Waals surface area contributed by atoms with Crippen LogP contribution >= 0.6 is 11.8 Å². The molecule has 29 heavy (non-hydrogen) atoms. The van der Waals surface area contributed by atoms with E-state index >= 15 is 0 Å². The second kappa shape index (κ2) is 10.1. The molecular weight excluding hydrogens is 380 g/mol. The van der Waals surface area contributed by atoms with Gasteiger partial charge in [-0.15, -0.1) is 22.0 Å². The van der Waals surface area contributed by atoms with Gasteiger partial charge in [0.1, 0.15) is 5.82 Å². The minimum absolute atomic E-state index is 0.557. The lowest BCUT2D eigenvalue weighted by molar-refractivity contribution is 0.713. The molecule has 0 atom stereocenters. The Hall–Kier alpha value is -2.80. The molecule has 0 fully saturated rings. The Balaban J connectivity index is 1.72. The molecule has 1 aromatic heterocycles. The summed E-state index contributed by atoms with van der Waals surface area (Å²) in [5, 5.41) is 15.2. The number of aryl methyl sites for hydroxylation is 2. The van der Waals surface area contributed by atoms with Crippen molar-refractivity contribution in [3.05, 3.63) is 76.9 Å². The maximum absolute atomic E-state index is 4.76. The molecule has 0 amide bonds. The van der Waals surface area contributed by atoms with Crippen molar-refractivity contribution in [1.29, 1.82) is 0 Å². The third-order valence-electron chi connectivity index (χ3n) is 4.75. The average Bonchev–Trinajstić information content (AvgIpc) is 3.06. The number of aromatic nitrogens is 3. The summed E-state index contributed by atoms with van der Waals surface area (Å²) < 4.78 is 1.98. The van der Waals surface area contributed by atoms with Crippen LogP contribution in [0.1, 0.15) is 28.3 Å². The number of nitrogens with one attached hydrogen (secondary N) is 2. The van der Waals surface area contributed by atoms with Gasteiger partial charge in [-0.25, -0.2) is 4.99 Å². The summed E-state index contributed by atoms with van der Waals surface area (Å²) in [6.07, 6.45) is 2.11. The van der Waals surface area contributed by atoms with Gasteiger partial charge in [0.25, 0.3) is 0 Å². The predicted molar refractivity (Wildman–Crippen MR) is 120 cm³/mol. The highest BCUT2D eigenvalue weighted by Crippen LogP contribution is 2.21. The minimum Gasteiger partial charge on any atom is -0.352 e. The molecule has 0 spiro atoms. The lowest BCUT2D eigenvalue weighted by Gasteiger charge is -2.14. The molecule has 0 bridgehead atoms. The van der Waals surface area contributed by atoms with E-state index < -0.39 is 0 Å². The second-order valence-electron chi connectivity index (χ2n) is 6.90. The molecule has 0 radical (unpaired) electrons. The van der Waals surface area contributed by atoms with Gasteiger partial charge in [0.05, 0.1) is 13.1 Å². The first-order valence-electron chi connectivity index (χ1n) is 9.61. The molecule has 2 aromatic carbocycles. The number of guanidine groups is 1. The molecule has 0 aliphatic rings. The van der Waals surface area contributed by atoms with Gasteiger partial charge in [-0.1, -0.05) is 42.5 Å². The van der Waals surface area contributed by atoms with Crippen molar-refractivity contribution in [3.63, 3.8) is 0 Å². The van der Waals surface area contributed by atoms with Crippen LogP contribution in [-0.4, -0.2) is 27.0 Å². The number of benzene rings is 2. The second-order valence-corrected chi connectivity index (χ2v) is 7.74. The Kier molecular flexibility index (Phi) is 7.30. The summed E-state index contributed by atoms with van der Waals surface area (Å²) in [7, 11) is 1.97. The summed E-state index contributed by atoms with van der Waals surface area (Å²) in [6.45, 7) is 5.93. The zero-order chi connectivity index (χ0) is 20.6. The molecule has 0 aliphatic carbocycles. The van der Waals surface area contributed by atoms with Crippen LogP contribution in [0.5, 0.6) is 0 Å². The van der Waals surface area contributed by atoms with Gasteiger partial charge in [0, 0.05) is 18.5 Å². The van der Waals surface area contributed by atoms with E-state index in [-0.39, 0.29) is 0 Å². The molecule has 0 unspecified atom stereocenters. The molecule has 152 valence electrons. The summed E-state index contributed by atoms with van der Waals surface area (Å²) in [5.41, 5.74) is 3.70. The highest BCUT2D eigenvalue weighted by Gasteiger charge is 2.08. The Labute approximate surface area is 176 Å². The fourth-order valence-corrected chi connectivity index (χ4v) is 3.58. The van der Waals surface area contributed by atoms with E-state index in [1.54, 1.807) is 11.8 Å². The SMILES string of the molecule is CSc1cc(C)ccc1CNC(=NCc1ccccc1)NCc1nnc(C)n1C. The van der Waals surface area contributed by atoms with Gasteiger partial charge in [0.15, 0.2) is 11.8 Å². The molecule has 3 aromatic rings. The first-order chi connectivity index (χ1) is 14.1. The van der Waals surface area contributed by atoms with Crippen LogP contribution in [0, 0.1) is 13.8 Å². The van der Waals surface area contributed by atoms with Crippen LogP contribution < -0.4 is 10.6 Å². The molecule has 2 N–H and O–H groups in total. The summed E-state index contributed by atoms with van der Waals surface area (Å²) >= 11 is 1.76. The molecule has 3 rings (SSSR count). The Bertz CT molecular complexity index is 965. The molecule has 0 saturated heterocycles. The molecule has 1 heterocycles. The van der Waals surface area contributed by atoms with E-state index in [1.165, 1.54) is 21.6 Å². The number of hydrogen-bond donors (Lipinski definition) is 2. The predicted octanol–water partition coefficient (Wildman–Crippen LogP) is 3.59. The lowest BCUT2D eigenvalue weighted by Crippen LogP contribution is -2.37. The average molecular weight is 409 g/mol. The van der Waals surface area contributed by atoms with Crippen molar-refractivity contribution >= 4 is 17.7 Å². The fraction of sp³-hybridized carbons (Fsp3) is 0.318. The van der Waals surface area contributed by atoms with Crippen LogP contribution in [0.2, 0.25) is 0 Å². The van der Waals surface area contributed by atoms with Crippen LogP contribution in [0.4, 0.5) is 0 Å². The maximum atomic E-state index is 4.76. The molecular formula is C22H28N6S.